The monoisotopic (exact) mass is 578 g/mol. The Kier molecular flexibility index (Phi) is 25.4. The number of hydrogen-bond donors (Lipinski definition) is 0. The van der Waals surface area contributed by atoms with Crippen LogP contribution in [0.2, 0.25) is 0 Å². The molecule has 2 bridgehead atoms. The molecule has 0 radical (unpaired) electrons. The molecule has 8 heteroatoms. The molecule has 0 amide bonds. The summed E-state index contributed by atoms with van der Waals surface area (Å²) >= 11 is 0. The maximum atomic E-state index is 6.08. The normalized spacial score (nSPS) is 28.4. The van der Waals surface area contributed by atoms with Gasteiger partial charge in [-0.25, -0.2) is 0 Å². The van der Waals surface area contributed by atoms with Crippen LogP contribution >= 0.6 is 17.2 Å². The molecule has 0 spiro atoms. The minimum absolute atomic E-state index is 0.760. The zero-order valence-electron chi connectivity index (χ0n) is 24.6. The van der Waals surface area contributed by atoms with Gasteiger partial charge >= 0.3 is 17.2 Å². The Morgan fingerprint density at radius 1 is 0.184 bits per heavy atom. The van der Waals surface area contributed by atoms with Crippen LogP contribution in [0.4, 0.5) is 0 Å². The van der Waals surface area contributed by atoms with Gasteiger partial charge in [-0.2, -0.15) is 0 Å². The van der Waals surface area contributed by atoms with E-state index in [2.05, 4.69) is 0 Å². The lowest BCUT2D eigenvalue weighted by molar-refractivity contribution is 0.152. The highest BCUT2D eigenvalue weighted by molar-refractivity contribution is 7.41. The zero-order valence-corrected chi connectivity index (χ0v) is 26.3. The van der Waals surface area contributed by atoms with Crippen molar-refractivity contribution in [3.8, 4) is 0 Å². The van der Waals surface area contributed by atoms with Crippen LogP contribution in [0.5, 0.6) is 0 Å². The molecule has 3 aliphatic rings. The van der Waals surface area contributed by atoms with Crippen molar-refractivity contribution < 1.29 is 27.1 Å². The fourth-order valence-electron chi connectivity index (χ4n) is 4.85. The summed E-state index contributed by atoms with van der Waals surface area (Å²) in [5.74, 6) is 0. The fourth-order valence-corrected chi connectivity index (χ4v) is 6.97. The summed E-state index contributed by atoms with van der Waals surface area (Å²) in [6, 6.07) is 0. The van der Waals surface area contributed by atoms with E-state index in [4.69, 9.17) is 27.1 Å². The summed E-state index contributed by atoms with van der Waals surface area (Å²) in [4.78, 5) is 0. The summed E-state index contributed by atoms with van der Waals surface area (Å²) in [6.07, 6.45) is 29.5. The first kappa shape index (κ1) is 34.8. The van der Waals surface area contributed by atoms with Gasteiger partial charge in [0.05, 0.1) is 39.6 Å². The highest BCUT2D eigenvalue weighted by Gasteiger charge is 2.14. The van der Waals surface area contributed by atoms with Gasteiger partial charge in [0.15, 0.2) is 0 Å². The van der Waals surface area contributed by atoms with Crippen LogP contribution in [-0.4, -0.2) is 39.6 Å². The fraction of sp³-hybridized carbons (Fsp3) is 1.00. The molecule has 3 rings (SSSR count). The minimum atomic E-state index is -1.19. The molecule has 3 heterocycles. The molecule has 0 unspecified atom stereocenters. The van der Waals surface area contributed by atoms with E-state index in [0.29, 0.717) is 0 Å². The smallest absolute Gasteiger partial charge is 0.312 e. The predicted octanol–water partition coefficient (Wildman–Crippen LogP) is 10.9. The Hall–Kier alpha value is 0.620. The summed E-state index contributed by atoms with van der Waals surface area (Å²) in [5.41, 5.74) is 0. The molecule has 38 heavy (non-hydrogen) atoms. The Morgan fingerprint density at radius 3 is 0.474 bits per heavy atom. The summed E-state index contributed by atoms with van der Waals surface area (Å²) in [6.45, 7) is 4.56. The maximum Gasteiger partial charge on any atom is 0.332 e. The van der Waals surface area contributed by atoms with Crippen molar-refractivity contribution >= 4 is 17.2 Å². The van der Waals surface area contributed by atoms with Crippen LogP contribution in [-0.2, 0) is 27.1 Å². The molecule has 226 valence electrons. The van der Waals surface area contributed by atoms with Crippen LogP contribution in [0.25, 0.3) is 0 Å². The second-order valence-electron chi connectivity index (χ2n) is 10.9. The van der Waals surface area contributed by atoms with Gasteiger partial charge in [0.25, 0.3) is 0 Å². The molecule has 0 N–H and O–H groups in total. The van der Waals surface area contributed by atoms with Crippen molar-refractivity contribution in [3.63, 3.8) is 0 Å². The molecule has 0 aliphatic carbocycles. The number of rotatable bonds is 0. The Bertz CT molecular complexity index is 379. The van der Waals surface area contributed by atoms with Crippen LogP contribution in [0.3, 0.4) is 0 Å². The average Bonchev–Trinajstić information content (AvgIpc) is 2.92. The van der Waals surface area contributed by atoms with E-state index in [1.165, 1.54) is 116 Å². The SMILES string of the molecule is C1CCCCCOP2OCCCCCCCCCCOP(OCCCC1)OCCCCCCCCCCO2. The largest absolute Gasteiger partial charge is 0.332 e. The van der Waals surface area contributed by atoms with Gasteiger partial charge in [-0.05, 0) is 38.5 Å². The molecule has 0 saturated carbocycles. The van der Waals surface area contributed by atoms with Crippen molar-refractivity contribution in [2.75, 3.05) is 39.6 Å². The van der Waals surface area contributed by atoms with E-state index < -0.39 is 17.2 Å². The van der Waals surface area contributed by atoms with E-state index in [1.54, 1.807) is 0 Å². The first-order valence-electron chi connectivity index (χ1n) is 16.3. The molecule has 0 atom stereocenters. The lowest BCUT2D eigenvalue weighted by Crippen LogP contribution is -2.01. The zero-order chi connectivity index (χ0) is 26.6. The lowest BCUT2D eigenvalue weighted by atomic mass is 10.1. The van der Waals surface area contributed by atoms with E-state index >= 15 is 0 Å². The molecule has 0 aromatic heterocycles. The molecule has 3 aliphatic heterocycles. The van der Waals surface area contributed by atoms with Gasteiger partial charge in [0.2, 0.25) is 0 Å². The molecular weight excluding hydrogens is 518 g/mol. The topological polar surface area (TPSA) is 55.4 Å². The maximum absolute atomic E-state index is 6.08. The second kappa shape index (κ2) is 27.8. The van der Waals surface area contributed by atoms with Gasteiger partial charge in [0, 0.05) is 0 Å². The Balaban J connectivity index is 1.85. The van der Waals surface area contributed by atoms with Crippen LogP contribution in [0.1, 0.15) is 154 Å². The molecule has 0 aromatic carbocycles. The van der Waals surface area contributed by atoms with E-state index in [-0.39, 0.29) is 0 Å². The van der Waals surface area contributed by atoms with E-state index in [0.717, 1.165) is 78.2 Å². The molecule has 6 nitrogen and oxygen atoms in total. The van der Waals surface area contributed by atoms with Crippen molar-refractivity contribution in [1.82, 2.24) is 0 Å². The van der Waals surface area contributed by atoms with Crippen LogP contribution in [0, 0.1) is 0 Å². The number of fused-ring (bicyclic) bond motifs is 33. The van der Waals surface area contributed by atoms with Crippen molar-refractivity contribution in [2.45, 2.75) is 154 Å². The quantitative estimate of drug-likeness (QED) is 0.267. The average molecular weight is 579 g/mol. The van der Waals surface area contributed by atoms with Gasteiger partial charge in [0.1, 0.15) is 0 Å². The molecule has 0 aromatic rings. The van der Waals surface area contributed by atoms with Crippen molar-refractivity contribution in [3.05, 3.63) is 0 Å². The third kappa shape index (κ3) is 22.3. The highest BCUT2D eigenvalue weighted by atomic mass is 31.2. The predicted molar refractivity (Wildman–Crippen MR) is 160 cm³/mol. The van der Waals surface area contributed by atoms with E-state index in [1.807, 2.05) is 0 Å². The second-order valence-corrected chi connectivity index (χ2v) is 13.4. The van der Waals surface area contributed by atoms with Gasteiger partial charge in [-0.1, -0.05) is 116 Å². The Morgan fingerprint density at radius 2 is 0.316 bits per heavy atom. The molecule has 3 fully saturated rings. The first-order chi connectivity index (χ1) is 18.9. The van der Waals surface area contributed by atoms with Crippen molar-refractivity contribution in [2.24, 2.45) is 0 Å². The Labute approximate surface area is 238 Å². The highest BCUT2D eigenvalue weighted by Crippen LogP contribution is 2.41. The molecule has 3 saturated heterocycles. The van der Waals surface area contributed by atoms with Gasteiger partial charge in [-0.15, -0.1) is 0 Å². The third-order valence-corrected chi connectivity index (χ3v) is 9.66. The van der Waals surface area contributed by atoms with Crippen LogP contribution in [0.15, 0.2) is 0 Å². The van der Waals surface area contributed by atoms with Crippen LogP contribution < -0.4 is 0 Å². The number of hydrogen-bond acceptors (Lipinski definition) is 6. The minimum Gasteiger partial charge on any atom is -0.312 e. The van der Waals surface area contributed by atoms with Crippen molar-refractivity contribution in [1.29, 1.82) is 0 Å². The summed E-state index contributed by atoms with van der Waals surface area (Å²) in [5, 5.41) is 0. The summed E-state index contributed by atoms with van der Waals surface area (Å²) in [7, 11) is -2.38. The standard InChI is InChI=1S/C30H60O6P2/c1-2-8-14-20-26-32-38-35-29-23-17-11-5-3-9-15-21-27-33-37(31-25-19-13-7-1)34-28-22-16-10-4-6-12-18-24-30-36-38/h1-30H2. The third-order valence-electron chi connectivity index (χ3n) is 7.30. The molecular formula is C30H60O6P2. The van der Waals surface area contributed by atoms with Gasteiger partial charge in [-0.3, -0.25) is 0 Å². The van der Waals surface area contributed by atoms with E-state index in [9.17, 15) is 0 Å². The lowest BCUT2D eigenvalue weighted by Gasteiger charge is -2.17. The summed E-state index contributed by atoms with van der Waals surface area (Å²) < 4.78 is 36.5. The first-order valence-corrected chi connectivity index (χ1v) is 18.5. The van der Waals surface area contributed by atoms with Gasteiger partial charge < -0.3 is 27.1 Å².